The number of hydrogen-bond donors (Lipinski definition) is 1. The van der Waals surface area contributed by atoms with E-state index in [1.165, 1.54) is 12.8 Å². The molecule has 0 saturated heterocycles. The van der Waals surface area contributed by atoms with Crippen molar-refractivity contribution in [3.63, 3.8) is 0 Å². The maximum atomic E-state index is 5.36. The second kappa shape index (κ2) is 5.81. The molecule has 3 nitrogen and oxygen atoms in total. The van der Waals surface area contributed by atoms with E-state index in [4.69, 9.17) is 4.42 Å². The highest BCUT2D eigenvalue weighted by molar-refractivity contribution is 4.90. The molecule has 1 heterocycles. The average molecular weight is 196 g/mol. The predicted octanol–water partition coefficient (Wildman–Crippen LogP) is 2.51. The summed E-state index contributed by atoms with van der Waals surface area (Å²) in [6.45, 7) is 8.16. The Morgan fingerprint density at radius 2 is 2.14 bits per heavy atom. The smallest absolute Gasteiger partial charge is 0.208 e. The third kappa shape index (κ3) is 3.50. The zero-order valence-electron chi connectivity index (χ0n) is 9.34. The van der Waals surface area contributed by atoms with Crippen LogP contribution < -0.4 is 5.32 Å². The van der Waals surface area contributed by atoms with Crippen molar-refractivity contribution in [2.45, 2.75) is 40.2 Å². The van der Waals surface area contributed by atoms with Gasteiger partial charge in [-0.2, -0.15) is 0 Å². The fourth-order valence-electron chi connectivity index (χ4n) is 1.44. The van der Waals surface area contributed by atoms with Gasteiger partial charge in [0, 0.05) is 0 Å². The van der Waals surface area contributed by atoms with Gasteiger partial charge in [0.2, 0.25) is 5.89 Å². The van der Waals surface area contributed by atoms with Gasteiger partial charge < -0.3 is 9.73 Å². The molecule has 0 bridgehead atoms. The van der Waals surface area contributed by atoms with Crippen LogP contribution in [0.4, 0.5) is 0 Å². The van der Waals surface area contributed by atoms with Gasteiger partial charge in [0.15, 0.2) is 0 Å². The molecule has 0 aliphatic heterocycles. The van der Waals surface area contributed by atoms with Gasteiger partial charge in [0.25, 0.3) is 0 Å². The van der Waals surface area contributed by atoms with Gasteiger partial charge in [-0.05, 0) is 19.4 Å². The molecule has 0 fully saturated rings. The van der Waals surface area contributed by atoms with E-state index < -0.39 is 0 Å². The molecular formula is C11H20N2O. The van der Waals surface area contributed by atoms with Gasteiger partial charge in [-0.3, -0.25) is 0 Å². The number of rotatable bonds is 6. The predicted molar refractivity (Wildman–Crippen MR) is 57.0 cm³/mol. The second-order valence-corrected chi connectivity index (χ2v) is 3.68. The Morgan fingerprint density at radius 1 is 1.43 bits per heavy atom. The monoisotopic (exact) mass is 196 g/mol. The van der Waals surface area contributed by atoms with Gasteiger partial charge in [0.1, 0.15) is 5.76 Å². The molecule has 0 aromatic carbocycles. The van der Waals surface area contributed by atoms with Crippen LogP contribution in [-0.2, 0) is 6.54 Å². The van der Waals surface area contributed by atoms with Crippen LogP contribution in [0.15, 0.2) is 10.6 Å². The minimum absolute atomic E-state index is 0.740. The van der Waals surface area contributed by atoms with Crippen LogP contribution in [-0.4, -0.2) is 11.5 Å². The van der Waals surface area contributed by atoms with Crippen LogP contribution in [0.2, 0.25) is 0 Å². The summed E-state index contributed by atoms with van der Waals surface area (Å²) in [5, 5.41) is 3.36. The summed E-state index contributed by atoms with van der Waals surface area (Å²) in [6, 6.07) is 0. The van der Waals surface area contributed by atoms with Crippen molar-refractivity contribution in [2.75, 3.05) is 6.54 Å². The van der Waals surface area contributed by atoms with Crippen LogP contribution in [0.5, 0.6) is 0 Å². The van der Waals surface area contributed by atoms with E-state index in [2.05, 4.69) is 24.1 Å². The number of aromatic nitrogens is 1. The summed E-state index contributed by atoms with van der Waals surface area (Å²) in [4.78, 5) is 4.14. The van der Waals surface area contributed by atoms with Crippen molar-refractivity contribution in [1.29, 1.82) is 0 Å². The zero-order valence-corrected chi connectivity index (χ0v) is 9.34. The van der Waals surface area contributed by atoms with Crippen molar-refractivity contribution in [2.24, 2.45) is 5.92 Å². The van der Waals surface area contributed by atoms with E-state index in [0.717, 1.165) is 30.7 Å². The van der Waals surface area contributed by atoms with Crippen molar-refractivity contribution in [3.8, 4) is 0 Å². The minimum Gasteiger partial charge on any atom is -0.445 e. The molecule has 1 aromatic heterocycles. The Morgan fingerprint density at radius 3 is 2.64 bits per heavy atom. The fourth-order valence-corrected chi connectivity index (χ4v) is 1.44. The molecule has 14 heavy (non-hydrogen) atoms. The van der Waals surface area contributed by atoms with E-state index in [9.17, 15) is 0 Å². The molecule has 0 aliphatic carbocycles. The van der Waals surface area contributed by atoms with Crippen molar-refractivity contribution in [3.05, 3.63) is 17.8 Å². The van der Waals surface area contributed by atoms with Crippen LogP contribution >= 0.6 is 0 Å². The van der Waals surface area contributed by atoms with E-state index in [1.807, 2.05) is 6.92 Å². The largest absolute Gasteiger partial charge is 0.445 e. The summed E-state index contributed by atoms with van der Waals surface area (Å²) in [7, 11) is 0. The number of oxazole rings is 1. The van der Waals surface area contributed by atoms with Crippen LogP contribution in [0.3, 0.4) is 0 Å². The Labute approximate surface area is 85.9 Å². The Kier molecular flexibility index (Phi) is 4.66. The number of nitrogens with zero attached hydrogens (tertiary/aromatic N) is 1. The maximum absolute atomic E-state index is 5.36. The molecule has 1 aromatic rings. The molecule has 1 rings (SSSR count). The molecule has 1 N–H and O–H groups in total. The first-order valence-electron chi connectivity index (χ1n) is 5.38. The van der Waals surface area contributed by atoms with Crippen LogP contribution in [0, 0.1) is 12.8 Å². The SMILES string of the molecule is CCC(CC)CNCc1ncc(C)o1. The normalized spacial score (nSPS) is 11.1. The summed E-state index contributed by atoms with van der Waals surface area (Å²) in [5.74, 6) is 2.43. The first-order chi connectivity index (χ1) is 6.76. The van der Waals surface area contributed by atoms with Gasteiger partial charge in [-0.1, -0.05) is 26.7 Å². The third-order valence-corrected chi connectivity index (χ3v) is 2.53. The Bertz CT molecular complexity index is 254. The van der Waals surface area contributed by atoms with Crippen molar-refractivity contribution >= 4 is 0 Å². The summed E-state index contributed by atoms with van der Waals surface area (Å²) >= 11 is 0. The van der Waals surface area contributed by atoms with Gasteiger partial charge >= 0.3 is 0 Å². The zero-order chi connectivity index (χ0) is 10.4. The summed E-state index contributed by atoms with van der Waals surface area (Å²) in [6.07, 6.45) is 4.22. The van der Waals surface area contributed by atoms with E-state index in [1.54, 1.807) is 6.20 Å². The topological polar surface area (TPSA) is 38.1 Å². The number of aryl methyl sites for hydroxylation is 1. The molecule has 0 unspecified atom stereocenters. The highest BCUT2D eigenvalue weighted by atomic mass is 16.4. The lowest BCUT2D eigenvalue weighted by Crippen LogP contribution is -2.21. The number of nitrogens with one attached hydrogen (secondary N) is 1. The van der Waals surface area contributed by atoms with E-state index >= 15 is 0 Å². The van der Waals surface area contributed by atoms with E-state index in [-0.39, 0.29) is 0 Å². The molecule has 0 atom stereocenters. The Hall–Kier alpha value is -0.830. The molecule has 3 heteroatoms. The minimum atomic E-state index is 0.740. The van der Waals surface area contributed by atoms with Gasteiger partial charge in [-0.15, -0.1) is 0 Å². The highest BCUT2D eigenvalue weighted by Crippen LogP contribution is 2.06. The van der Waals surface area contributed by atoms with E-state index in [0.29, 0.717) is 0 Å². The average Bonchev–Trinajstić information content (AvgIpc) is 2.59. The lowest BCUT2D eigenvalue weighted by Gasteiger charge is -2.11. The first kappa shape index (κ1) is 11.2. The molecule has 0 amide bonds. The van der Waals surface area contributed by atoms with Gasteiger partial charge in [-0.25, -0.2) is 4.98 Å². The van der Waals surface area contributed by atoms with Crippen LogP contribution in [0.1, 0.15) is 38.3 Å². The molecule has 0 radical (unpaired) electrons. The van der Waals surface area contributed by atoms with Crippen LogP contribution in [0.25, 0.3) is 0 Å². The fraction of sp³-hybridized carbons (Fsp3) is 0.727. The molecule has 0 spiro atoms. The van der Waals surface area contributed by atoms with Gasteiger partial charge in [0.05, 0.1) is 12.7 Å². The molecule has 0 saturated carbocycles. The quantitative estimate of drug-likeness (QED) is 0.759. The summed E-state index contributed by atoms with van der Waals surface area (Å²) < 4.78 is 5.36. The molecular weight excluding hydrogens is 176 g/mol. The third-order valence-electron chi connectivity index (χ3n) is 2.53. The second-order valence-electron chi connectivity index (χ2n) is 3.68. The first-order valence-corrected chi connectivity index (χ1v) is 5.38. The number of hydrogen-bond acceptors (Lipinski definition) is 3. The Balaban J connectivity index is 2.21. The lowest BCUT2D eigenvalue weighted by molar-refractivity contribution is 0.409. The molecule has 80 valence electrons. The standard InChI is InChI=1S/C11H20N2O/c1-4-10(5-2)7-12-8-11-13-6-9(3)14-11/h6,10,12H,4-5,7-8H2,1-3H3. The maximum Gasteiger partial charge on any atom is 0.208 e. The summed E-state index contributed by atoms with van der Waals surface area (Å²) in [5.41, 5.74) is 0. The highest BCUT2D eigenvalue weighted by Gasteiger charge is 2.04. The van der Waals surface area contributed by atoms with Crippen molar-refractivity contribution in [1.82, 2.24) is 10.3 Å². The molecule has 0 aliphatic rings. The lowest BCUT2D eigenvalue weighted by atomic mass is 10.0. The van der Waals surface area contributed by atoms with Crippen molar-refractivity contribution < 1.29 is 4.42 Å².